The third kappa shape index (κ3) is 3.63. The number of carbonyl (C=O) groups excluding carboxylic acids is 1. The Balaban J connectivity index is 1.23. The molecule has 4 aliphatic carbocycles. The molecule has 1 N–H and O–H groups in total. The highest BCUT2D eigenvalue weighted by Crippen LogP contribution is 2.55. The molecule has 6 rings (SSSR count). The maximum absolute atomic E-state index is 12.9. The quantitative estimate of drug-likeness (QED) is 0.629. The number of rotatable bonds is 5. The second kappa shape index (κ2) is 7.17. The summed E-state index contributed by atoms with van der Waals surface area (Å²) in [6, 6.07) is 7.73. The summed E-state index contributed by atoms with van der Waals surface area (Å²) < 4.78 is 6.77. The van der Waals surface area contributed by atoms with Gasteiger partial charge in [0.1, 0.15) is 0 Å². The smallest absolute Gasteiger partial charge is 0.277 e. The van der Waals surface area contributed by atoms with E-state index >= 15 is 0 Å². The van der Waals surface area contributed by atoms with Crippen molar-refractivity contribution >= 4 is 33.6 Å². The van der Waals surface area contributed by atoms with Crippen LogP contribution in [0, 0.1) is 17.8 Å². The average molecular weight is 462 g/mol. The molecule has 148 valence electrons. The standard InChI is InChI=1S/C21H24BrN3O2S/c1-12(28-20-25-24-19(27-20)16-2-4-17(22)5-3-16)18(26)23-21-9-13-6-14(10-21)8-15(7-13)11-21/h2-5,12-15H,6-11H2,1H3,(H,23,26). The molecular formula is C21H24BrN3O2S. The average Bonchev–Trinajstić information content (AvgIpc) is 3.09. The Labute approximate surface area is 177 Å². The van der Waals surface area contributed by atoms with Gasteiger partial charge in [-0.25, -0.2) is 0 Å². The number of halogens is 1. The lowest BCUT2D eigenvalue weighted by Crippen LogP contribution is -2.60. The number of aromatic nitrogens is 2. The van der Waals surface area contributed by atoms with Crippen molar-refractivity contribution in [3.63, 3.8) is 0 Å². The fourth-order valence-electron chi connectivity index (χ4n) is 5.80. The minimum atomic E-state index is -0.258. The van der Waals surface area contributed by atoms with Crippen LogP contribution in [0.3, 0.4) is 0 Å². The topological polar surface area (TPSA) is 68.0 Å². The van der Waals surface area contributed by atoms with Crippen LogP contribution in [0.15, 0.2) is 38.4 Å². The van der Waals surface area contributed by atoms with Gasteiger partial charge in [-0.3, -0.25) is 4.79 Å². The van der Waals surface area contributed by atoms with Gasteiger partial charge in [-0.1, -0.05) is 27.7 Å². The van der Waals surface area contributed by atoms with Crippen LogP contribution in [0.5, 0.6) is 0 Å². The fraction of sp³-hybridized carbons (Fsp3) is 0.571. The summed E-state index contributed by atoms with van der Waals surface area (Å²) in [7, 11) is 0. The molecule has 1 unspecified atom stereocenters. The van der Waals surface area contributed by atoms with Crippen LogP contribution in [0.1, 0.15) is 45.4 Å². The zero-order chi connectivity index (χ0) is 19.3. The molecule has 0 aliphatic heterocycles. The molecule has 2 aromatic rings. The fourth-order valence-corrected chi connectivity index (χ4v) is 6.75. The Kier molecular flexibility index (Phi) is 4.78. The molecule has 4 saturated carbocycles. The second-order valence-corrected chi connectivity index (χ2v) is 11.0. The van der Waals surface area contributed by atoms with Crippen LogP contribution in [-0.4, -0.2) is 26.9 Å². The number of thioether (sulfide) groups is 1. The molecule has 1 heterocycles. The molecule has 4 bridgehead atoms. The van der Waals surface area contributed by atoms with Crippen molar-refractivity contribution < 1.29 is 9.21 Å². The van der Waals surface area contributed by atoms with Gasteiger partial charge in [0, 0.05) is 15.6 Å². The van der Waals surface area contributed by atoms with Crippen LogP contribution >= 0.6 is 27.7 Å². The molecule has 0 radical (unpaired) electrons. The van der Waals surface area contributed by atoms with Crippen LogP contribution < -0.4 is 5.32 Å². The molecule has 1 amide bonds. The summed E-state index contributed by atoms with van der Waals surface area (Å²) in [6.07, 6.45) is 7.62. The Hall–Kier alpha value is -1.34. The largest absolute Gasteiger partial charge is 0.411 e. The Morgan fingerprint density at radius 3 is 2.36 bits per heavy atom. The number of carbonyl (C=O) groups is 1. The summed E-state index contributed by atoms with van der Waals surface area (Å²) in [5, 5.41) is 11.9. The van der Waals surface area contributed by atoms with E-state index in [1.54, 1.807) is 0 Å². The van der Waals surface area contributed by atoms with Crippen LogP contribution in [-0.2, 0) is 4.79 Å². The molecule has 1 aromatic carbocycles. The van der Waals surface area contributed by atoms with Crippen molar-refractivity contribution in [2.75, 3.05) is 0 Å². The molecule has 7 heteroatoms. The lowest BCUT2D eigenvalue weighted by atomic mass is 9.53. The normalized spacial score (nSPS) is 31.7. The first-order valence-corrected chi connectivity index (χ1v) is 11.7. The van der Waals surface area contributed by atoms with Crippen molar-refractivity contribution in [2.45, 2.75) is 61.5 Å². The lowest BCUT2D eigenvalue weighted by molar-refractivity contribution is -0.126. The molecule has 28 heavy (non-hydrogen) atoms. The van der Waals surface area contributed by atoms with Crippen molar-refractivity contribution in [3.8, 4) is 11.5 Å². The summed E-state index contributed by atoms with van der Waals surface area (Å²) >= 11 is 4.76. The first-order chi connectivity index (χ1) is 13.5. The van der Waals surface area contributed by atoms with Crippen LogP contribution in [0.4, 0.5) is 0 Å². The molecule has 4 aliphatic rings. The van der Waals surface area contributed by atoms with Crippen LogP contribution in [0.2, 0.25) is 0 Å². The van der Waals surface area contributed by atoms with E-state index in [1.165, 1.54) is 31.0 Å². The predicted octanol–water partition coefficient (Wildman–Crippen LogP) is 5.06. The van der Waals surface area contributed by atoms with Gasteiger partial charge in [0.25, 0.3) is 5.22 Å². The minimum absolute atomic E-state index is 0.0398. The monoisotopic (exact) mass is 461 g/mol. The van der Waals surface area contributed by atoms with Gasteiger partial charge in [0.15, 0.2) is 0 Å². The summed E-state index contributed by atoms with van der Waals surface area (Å²) in [5.41, 5.74) is 0.908. The predicted molar refractivity (Wildman–Crippen MR) is 112 cm³/mol. The first kappa shape index (κ1) is 18.7. The summed E-state index contributed by atoms with van der Waals surface area (Å²) in [5.74, 6) is 3.02. The maximum Gasteiger partial charge on any atom is 0.277 e. The van der Waals surface area contributed by atoms with Crippen molar-refractivity contribution in [1.82, 2.24) is 15.5 Å². The summed E-state index contributed by atoms with van der Waals surface area (Å²) in [6.45, 7) is 1.92. The van der Waals surface area contributed by atoms with Gasteiger partial charge in [-0.05, 0) is 87.5 Å². The number of nitrogens with zero attached hydrogens (tertiary/aromatic N) is 2. The number of benzene rings is 1. The Morgan fingerprint density at radius 2 is 1.75 bits per heavy atom. The summed E-state index contributed by atoms with van der Waals surface area (Å²) in [4.78, 5) is 12.9. The van der Waals surface area contributed by atoms with E-state index in [9.17, 15) is 4.79 Å². The lowest BCUT2D eigenvalue weighted by Gasteiger charge is -2.57. The first-order valence-electron chi connectivity index (χ1n) is 10.1. The van der Waals surface area contributed by atoms with Gasteiger partial charge in [0.2, 0.25) is 11.8 Å². The maximum atomic E-state index is 12.9. The number of amides is 1. The van der Waals surface area contributed by atoms with Gasteiger partial charge in [0.05, 0.1) is 5.25 Å². The Bertz CT molecular complexity index is 847. The van der Waals surface area contributed by atoms with E-state index < -0.39 is 0 Å². The number of hydrogen-bond acceptors (Lipinski definition) is 5. The van der Waals surface area contributed by atoms with Gasteiger partial charge < -0.3 is 9.73 Å². The van der Waals surface area contributed by atoms with Gasteiger partial charge >= 0.3 is 0 Å². The Morgan fingerprint density at radius 1 is 1.14 bits per heavy atom. The van der Waals surface area contributed by atoms with Gasteiger partial charge in [-0.15, -0.1) is 10.2 Å². The second-order valence-electron chi connectivity index (χ2n) is 8.83. The molecule has 1 aromatic heterocycles. The molecule has 5 nitrogen and oxygen atoms in total. The minimum Gasteiger partial charge on any atom is -0.411 e. The van der Waals surface area contributed by atoms with Gasteiger partial charge in [-0.2, -0.15) is 0 Å². The highest BCUT2D eigenvalue weighted by molar-refractivity contribution is 9.10. The SMILES string of the molecule is CC(Sc1nnc(-c2ccc(Br)cc2)o1)C(=O)NC12CC3CC(CC(C3)C1)C2. The third-order valence-corrected chi connectivity index (χ3v) is 8.03. The zero-order valence-electron chi connectivity index (χ0n) is 15.9. The number of nitrogens with one attached hydrogen (secondary N) is 1. The van der Waals surface area contributed by atoms with E-state index in [0.29, 0.717) is 11.1 Å². The van der Waals surface area contributed by atoms with Crippen LogP contribution in [0.25, 0.3) is 11.5 Å². The van der Waals surface area contributed by atoms with Crippen molar-refractivity contribution in [1.29, 1.82) is 0 Å². The van der Waals surface area contributed by atoms with Crippen molar-refractivity contribution in [3.05, 3.63) is 28.7 Å². The van der Waals surface area contributed by atoms with E-state index in [0.717, 1.165) is 47.1 Å². The molecule has 1 atom stereocenters. The zero-order valence-corrected chi connectivity index (χ0v) is 18.3. The molecular weight excluding hydrogens is 438 g/mol. The molecule has 4 fully saturated rings. The highest BCUT2D eigenvalue weighted by Gasteiger charge is 2.51. The molecule has 0 spiro atoms. The highest BCUT2D eigenvalue weighted by atomic mass is 79.9. The van der Waals surface area contributed by atoms with E-state index in [2.05, 4.69) is 31.4 Å². The number of hydrogen-bond donors (Lipinski definition) is 1. The van der Waals surface area contributed by atoms with E-state index in [-0.39, 0.29) is 16.7 Å². The van der Waals surface area contributed by atoms with E-state index in [4.69, 9.17) is 4.42 Å². The molecule has 0 saturated heterocycles. The van der Waals surface area contributed by atoms with Crippen molar-refractivity contribution in [2.24, 2.45) is 17.8 Å². The third-order valence-electron chi connectivity index (χ3n) is 6.57. The van der Waals surface area contributed by atoms with E-state index in [1.807, 2.05) is 31.2 Å².